The molecule has 0 aromatic heterocycles. The minimum Gasteiger partial charge on any atom is -0.507 e. The quantitative estimate of drug-likeness (QED) is 0.741. The molecule has 0 unspecified atom stereocenters. The number of benzene rings is 1. The molecule has 14 heavy (non-hydrogen) atoms. The standard InChI is InChI=1S/C11H12N2O/c12-6-9-5-8(3-4-10(9)14)11(13)7-1-2-7/h3-5,7,11,14H,1-2,13H2/t11-/m0/s1. The Labute approximate surface area is 82.8 Å². The number of aromatic hydroxyl groups is 1. The van der Waals surface area contributed by atoms with Crippen molar-refractivity contribution in [3.8, 4) is 11.8 Å². The fraction of sp³-hybridized carbons (Fsp3) is 0.364. The molecule has 0 amide bonds. The summed E-state index contributed by atoms with van der Waals surface area (Å²) in [7, 11) is 0. The van der Waals surface area contributed by atoms with Gasteiger partial charge in [0.2, 0.25) is 0 Å². The van der Waals surface area contributed by atoms with Gasteiger partial charge in [0.25, 0.3) is 0 Å². The molecule has 1 aromatic carbocycles. The highest BCUT2D eigenvalue weighted by Crippen LogP contribution is 2.39. The summed E-state index contributed by atoms with van der Waals surface area (Å²) in [6.07, 6.45) is 2.34. The summed E-state index contributed by atoms with van der Waals surface area (Å²) in [5.74, 6) is 0.588. The molecule has 1 saturated carbocycles. The van der Waals surface area contributed by atoms with Gasteiger partial charge in [-0.2, -0.15) is 5.26 Å². The smallest absolute Gasteiger partial charge is 0.133 e. The number of nitriles is 1. The third-order valence-electron chi connectivity index (χ3n) is 2.66. The molecule has 0 heterocycles. The van der Waals surface area contributed by atoms with E-state index in [9.17, 15) is 5.11 Å². The van der Waals surface area contributed by atoms with Crippen molar-refractivity contribution in [1.29, 1.82) is 5.26 Å². The van der Waals surface area contributed by atoms with Crippen LogP contribution < -0.4 is 5.73 Å². The SMILES string of the molecule is N#Cc1cc([C@@H](N)C2CC2)ccc1O. The zero-order chi connectivity index (χ0) is 10.1. The Morgan fingerprint density at radius 2 is 2.21 bits per heavy atom. The van der Waals surface area contributed by atoms with Crippen molar-refractivity contribution in [2.24, 2.45) is 11.7 Å². The zero-order valence-corrected chi connectivity index (χ0v) is 7.77. The normalized spacial score (nSPS) is 17.4. The lowest BCUT2D eigenvalue weighted by Gasteiger charge is -2.10. The summed E-state index contributed by atoms with van der Waals surface area (Å²) in [5.41, 5.74) is 7.23. The van der Waals surface area contributed by atoms with E-state index in [1.165, 1.54) is 18.9 Å². The van der Waals surface area contributed by atoms with Crippen LogP contribution in [0.2, 0.25) is 0 Å². The van der Waals surface area contributed by atoms with Gasteiger partial charge in [-0.25, -0.2) is 0 Å². The summed E-state index contributed by atoms with van der Waals surface area (Å²) < 4.78 is 0. The summed E-state index contributed by atoms with van der Waals surface area (Å²) >= 11 is 0. The van der Waals surface area contributed by atoms with E-state index < -0.39 is 0 Å². The molecule has 1 atom stereocenters. The van der Waals surface area contributed by atoms with Gasteiger partial charge >= 0.3 is 0 Å². The van der Waals surface area contributed by atoms with Gasteiger partial charge in [0, 0.05) is 6.04 Å². The molecule has 1 aliphatic carbocycles. The molecule has 1 aliphatic rings. The van der Waals surface area contributed by atoms with E-state index in [0.29, 0.717) is 11.5 Å². The van der Waals surface area contributed by atoms with Crippen LogP contribution in [0.3, 0.4) is 0 Å². The van der Waals surface area contributed by atoms with Crippen LogP contribution in [0.5, 0.6) is 5.75 Å². The lowest BCUT2D eigenvalue weighted by Crippen LogP contribution is -2.12. The van der Waals surface area contributed by atoms with Gasteiger partial charge in [-0.15, -0.1) is 0 Å². The first-order chi connectivity index (χ1) is 6.72. The van der Waals surface area contributed by atoms with Crippen molar-refractivity contribution in [1.82, 2.24) is 0 Å². The van der Waals surface area contributed by atoms with Crippen LogP contribution in [-0.4, -0.2) is 5.11 Å². The fourth-order valence-corrected chi connectivity index (χ4v) is 1.58. The Morgan fingerprint density at radius 3 is 2.79 bits per heavy atom. The van der Waals surface area contributed by atoms with Crippen LogP contribution in [0.25, 0.3) is 0 Å². The van der Waals surface area contributed by atoms with Gasteiger partial charge in [-0.05, 0) is 36.5 Å². The van der Waals surface area contributed by atoms with Gasteiger partial charge in [0.1, 0.15) is 11.8 Å². The number of phenols is 1. The van der Waals surface area contributed by atoms with Crippen molar-refractivity contribution in [3.63, 3.8) is 0 Å². The number of nitrogens with two attached hydrogens (primary N) is 1. The minimum atomic E-state index is 0.0164. The molecule has 3 N–H and O–H groups in total. The Bertz CT molecular complexity index is 391. The number of rotatable bonds is 2. The average Bonchev–Trinajstić information content (AvgIpc) is 3.01. The van der Waals surface area contributed by atoms with E-state index in [1.54, 1.807) is 12.1 Å². The second kappa shape index (κ2) is 3.32. The third kappa shape index (κ3) is 1.57. The Morgan fingerprint density at radius 1 is 1.50 bits per heavy atom. The molecule has 0 saturated heterocycles. The van der Waals surface area contributed by atoms with Crippen LogP contribution in [0.15, 0.2) is 18.2 Å². The zero-order valence-electron chi connectivity index (χ0n) is 7.77. The predicted octanol–water partition coefficient (Wildman–Crippen LogP) is 1.67. The van der Waals surface area contributed by atoms with E-state index in [4.69, 9.17) is 11.0 Å². The Balaban J connectivity index is 2.30. The highest BCUT2D eigenvalue weighted by atomic mass is 16.3. The molecular formula is C11H12N2O. The molecule has 0 spiro atoms. The summed E-state index contributed by atoms with van der Waals surface area (Å²) in [5, 5.41) is 18.0. The second-order valence-electron chi connectivity index (χ2n) is 3.75. The molecule has 2 rings (SSSR count). The van der Waals surface area contributed by atoms with Crippen molar-refractivity contribution in [2.45, 2.75) is 18.9 Å². The van der Waals surface area contributed by atoms with E-state index >= 15 is 0 Å². The largest absolute Gasteiger partial charge is 0.507 e. The Kier molecular flexibility index (Phi) is 2.14. The van der Waals surface area contributed by atoms with Crippen molar-refractivity contribution in [3.05, 3.63) is 29.3 Å². The molecule has 0 aliphatic heterocycles. The first-order valence-corrected chi connectivity index (χ1v) is 4.71. The maximum absolute atomic E-state index is 9.31. The van der Waals surface area contributed by atoms with Crippen molar-refractivity contribution >= 4 is 0 Å². The maximum atomic E-state index is 9.31. The van der Waals surface area contributed by atoms with Gasteiger partial charge < -0.3 is 10.8 Å². The van der Waals surface area contributed by atoms with Crippen LogP contribution in [0.1, 0.15) is 30.0 Å². The van der Waals surface area contributed by atoms with Crippen LogP contribution in [0.4, 0.5) is 0 Å². The summed E-state index contributed by atoms with van der Waals surface area (Å²) in [6, 6.07) is 6.97. The summed E-state index contributed by atoms with van der Waals surface area (Å²) in [4.78, 5) is 0. The third-order valence-corrected chi connectivity index (χ3v) is 2.66. The molecule has 1 aromatic rings. The fourth-order valence-electron chi connectivity index (χ4n) is 1.58. The van der Waals surface area contributed by atoms with Crippen molar-refractivity contribution in [2.75, 3.05) is 0 Å². The summed E-state index contributed by atoms with van der Waals surface area (Å²) in [6.45, 7) is 0. The minimum absolute atomic E-state index is 0.0164. The van der Waals surface area contributed by atoms with Gasteiger partial charge in [-0.3, -0.25) is 0 Å². The average molecular weight is 188 g/mol. The first-order valence-electron chi connectivity index (χ1n) is 4.71. The number of hydrogen-bond donors (Lipinski definition) is 2. The Hall–Kier alpha value is -1.53. The molecule has 72 valence electrons. The molecule has 0 bridgehead atoms. The molecule has 1 fully saturated rings. The monoisotopic (exact) mass is 188 g/mol. The van der Waals surface area contributed by atoms with Crippen molar-refractivity contribution < 1.29 is 5.11 Å². The number of phenolic OH excluding ortho intramolecular Hbond substituents is 1. The topological polar surface area (TPSA) is 70.0 Å². The predicted molar refractivity (Wildman–Crippen MR) is 52.5 cm³/mol. The van der Waals surface area contributed by atoms with Crippen LogP contribution in [-0.2, 0) is 0 Å². The lowest BCUT2D eigenvalue weighted by atomic mass is 10.0. The van der Waals surface area contributed by atoms with E-state index in [2.05, 4.69) is 0 Å². The highest BCUT2D eigenvalue weighted by molar-refractivity contribution is 5.45. The van der Waals surface area contributed by atoms with E-state index in [-0.39, 0.29) is 11.8 Å². The second-order valence-corrected chi connectivity index (χ2v) is 3.75. The molecular weight excluding hydrogens is 176 g/mol. The number of hydrogen-bond acceptors (Lipinski definition) is 3. The van der Waals surface area contributed by atoms with Gasteiger partial charge in [-0.1, -0.05) is 6.07 Å². The lowest BCUT2D eigenvalue weighted by molar-refractivity contribution is 0.472. The number of nitrogens with zero attached hydrogens (tertiary/aromatic N) is 1. The first kappa shape index (κ1) is 9.04. The van der Waals surface area contributed by atoms with Gasteiger partial charge in [0.15, 0.2) is 0 Å². The molecule has 3 nitrogen and oxygen atoms in total. The van der Waals surface area contributed by atoms with Crippen LogP contribution in [0, 0.1) is 17.2 Å². The van der Waals surface area contributed by atoms with Crippen LogP contribution >= 0.6 is 0 Å². The molecule has 0 radical (unpaired) electrons. The molecule has 3 heteroatoms. The van der Waals surface area contributed by atoms with E-state index in [1.807, 2.05) is 6.07 Å². The highest BCUT2D eigenvalue weighted by Gasteiger charge is 2.29. The van der Waals surface area contributed by atoms with E-state index in [0.717, 1.165) is 5.56 Å². The maximum Gasteiger partial charge on any atom is 0.133 e. The van der Waals surface area contributed by atoms with Gasteiger partial charge in [0.05, 0.1) is 5.56 Å².